The third kappa shape index (κ3) is 4.12. The van der Waals surface area contributed by atoms with Crippen molar-refractivity contribution in [2.75, 3.05) is 17.6 Å². The third-order valence-corrected chi connectivity index (χ3v) is 2.58. The van der Waals surface area contributed by atoms with Crippen molar-refractivity contribution in [3.8, 4) is 0 Å². The number of alkyl halides is 3. The second-order valence-electron chi connectivity index (χ2n) is 4.23. The van der Waals surface area contributed by atoms with E-state index in [9.17, 15) is 13.2 Å². The summed E-state index contributed by atoms with van der Waals surface area (Å²) in [5.74, 6) is 0.598. The van der Waals surface area contributed by atoms with Crippen LogP contribution in [0.15, 0.2) is 0 Å². The molecule has 0 aromatic carbocycles. The summed E-state index contributed by atoms with van der Waals surface area (Å²) in [7, 11) is 1.72. The van der Waals surface area contributed by atoms with Gasteiger partial charge in [0.25, 0.3) is 0 Å². The van der Waals surface area contributed by atoms with Crippen molar-refractivity contribution in [3.05, 3.63) is 5.69 Å². The summed E-state index contributed by atoms with van der Waals surface area (Å²) in [6.45, 7) is 2.25. The van der Waals surface area contributed by atoms with Gasteiger partial charge in [0.05, 0.1) is 11.4 Å². The molecule has 104 valence electrons. The fourth-order valence-corrected chi connectivity index (χ4v) is 1.72. The summed E-state index contributed by atoms with van der Waals surface area (Å²) in [5.41, 5.74) is 7.21. The molecule has 1 aromatic heterocycles. The molecule has 0 saturated carbocycles. The minimum atomic E-state index is -4.10. The minimum absolute atomic E-state index is 0.0250. The van der Waals surface area contributed by atoms with Crippen LogP contribution in [0.3, 0.4) is 0 Å². The summed E-state index contributed by atoms with van der Waals surface area (Å²) < 4.78 is 37.5. The van der Waals surface area contributed by atoms with Gasteiger partial charge in [-0.3, -0.25) is 4.68 Å². The summed E-state index contributed by atoms with van der Waals surface area (Å²) in [5, 5.41) is 7.14. The number of nitrogens with two attached hydrogens (primary N) is 1. The highest BCUT2D eigenvalue weighted by Crippen LogP contribution is 2.24. The quantitative estimate of drug-likeness (QED) is 0.777. The molecule has 0 spiro atoms. The van der Waals surface area contributed by atoms with E-state index in [1.165, 1.54) is 0 Å². The van der Waals surface area contributed by atoms with Crippen molar-refractivity contribution in [3.63, 3.8) is 0 Å². The van der Waals surface area contributed by atoms with E-state index in [4.69, 9.17) is 5.73 Å². The lowest BCUT2D eigenvalue weighted by molar-refractivity contribution is -0.134. The molecule has 0 unspecified atom stereocenters. The number of aromatic nitrogens is 2. The van der Waals surface area contributed by atoms with Gasteiger partial charge in [-0.25, -0.2) is 0 Å². The monoisotopic (exact) mass is 264 g/mol. The van der Waals surface area contributed by atoms with Crippen LogP contribution in [0.25, 0.3) is 0 Å². The van der Waals surface area contributed by atoms with Crippen molar-refractivity contribution < 1.29 is 13.2 Å². The maximum Gasteiger partial charge on any atom is 0.389 e. The van der Waals surface area contributed by atoms with Crippen LogP contribution in [0, 0.1) is 0 Å². The number of aryl methyl sites for hydroxylation is 2. The van der Waals surface area contributed by atoms with E-state index < -0.39 is 12.6 Å². The molecule has 4 nitrogen and oxygen atoms in total. The molecule has 0 aliphatic carbocycles. The van der Waals surface area contributed by atoms with Crippen LogP contribution in [0.2, 0.25) is 0 Å². The van der Waals surface area contributed by atoms with Gasteiger partial charge in [-0.2, -0.15) is 18.3 Å². The summed E-state index contributed by atoms with van der Waals surface area (Å²) in [6.07, 6.45) is -3.18. The maximum atomic E-state index is 12.0. The molecule has 7 heteroatoms. The van der Waals surface area contributed by atoms with E-state index in [0.717, 1.165) is 18.5 Å². The largest absolute Gasteiger partial charge is 0.394 e. The molecule has 18 heavy (non-hydrogen) atoms. The predicted octanol–water partition coefficient (Wildman–Crippen LogP) is 2.71. The number of nitrogens with one attached hydrogen (secondary N) is 1. The van der Waals surface area contributed by atoms with Crippen molar-refractivity contribution in [2.45, 2.75) is 38.8 Å². The molecule has 1 rings (SSSR count). The van der Waals surface area contributed by atoms with Crippen LogP contribution in [0.5, 0.6) is 0 Å². The normalized spacial score (nSPS) is 11.8. The van der Waals surface area contributed by atoms with Crippen LogP contribution < -0.4 is 11.1 Å². The molecule has 0 amide bonds. The zero-order valence-electron chi connectivity index (χ0n) is 10.6. The van der Waals surface area contributed by atoms with E-state index in [-0.39, 0.29) is 13.0 Å². The van der Waals surface area contributed by atoms with Gasteiger partial charge in [0.1, 0.15) is 5.82 Å². The Kier molecular flexibility index (Phi) is 4.86. The number of rotatable bonds is 6. The van der Waals surface area contributed by atoms with Gasteiger partial charge in [0, 0.05) is 20.0 Å². The number of anilines is 2. The van der Waals surface area contributed by atoms with E-state index in [2.05, 4.69) is 10.4 Å². The molecule has 0 atom stereocenters. The van der Waals surface area contributed by atoms with Crippen LogP contribution >= 0.6 is 0 Å². The van der Waals surface area contributed by atoms with Gasteiger partial charge in [0.2, 0.25) is 0 Å². The van der Waals surface area contributed by atoms with E-state index >= 15 is 0 Å². The van der Waals surface area contributed by atoms with Crippen LogP contribution in [-0.4, -0.2) is 22.5 Å². The minimum Gasteiger partial charge on any atom is -0.394 e. The third-order valence-electron chi connectivity index (χ3n) is 2.58. The van der Waals surface area contributed by atoms with E-state index in [1.807, 2.05) is 6.92 Å². The summed E-state index contributed by atoms with van der Waals surface area (Å²) in [4.78, 5) is 0. The molecule has 0 fully saturated rings. The molecule has 1 heterocycles. The van der Waals surface area contributed by atoms with Crippen molar-refractivity contribution in [2.24, 2.45) is 7.05 Å². The molecular weight excluding hydrogens is 245 g/mol. The van der Waals surface area contributed by atoms with Gasteiger partial charge in [-0.05, 0) is 12.8 Å². The Labute approximate surface area is 104 Å². The first kappa shape index (κ1) is 14.7. The SMILES string of the molecule is CCCc1nn(C)c(NCCCC(F)(F)F)c1N. The van der Waals surface area contributed by atoms with E-state index in [1.54, 1.807) is 11.7 Å². The number of halogens is 3. The average Bonchev–Trinajstić information content (AvgIpc) is 2.50. The zero-order chi connectivity index (χ0) is 13.8. The molecule has 0 radical (unpaired) electrons. The van der Waals surface area contributed by atoms with E-state index in [0.29, 0.717) is 11.5 Å². The second kappa shape index (κ2) is 5.97. The number of hydrogen-bond acceptors (Lipinski definition) is 3. The van der Waals surface area contributed by atoms with Gasteiger partial charge in [-0.15, -0.1) is 0 Å². The lowest BCUT2D eigenvalue weighted by Crippen LogP contribution is -2.13. The van der Waals surface area contributed by atoms with Crippen LogP contribution in [-0.2, 0) is 13.5 Å². The Morgan fingerprint density at radius 2 is 2.06 bits per heavy atom. The first-order valence-corrected chi connectivity index (χ1v) is 5.97. The molecular formula is C11H19F3N4. The lowest BCUT2D eigenvalue weighted by Gasteiger charge is -2.09. The number of nitrogen functional groups attached to an aromatic ring is 1. The predicted molar refractivity (Wildman–Crippen MR) is 65.4 cm³/mol. The Balaban J connectivity index is 2.52. The lowest BCUT2D eigenvalue weighted by atomic mass is 10.2. The fraction of sp³-hybridized carbons (Fsp3) is 0.727. The average molecular weight is 264 g/mol. The molecule has 0 saturated heterocycles. The standard InChI is InChI=1S/C11H19F3N4/c1-3-5-8-9(15)10(18(2)17-8)16-7-4-6-11(12,13)14/h16H,3-7,15H2,1-2H3. The van der Waals surface area contributed by atoms with Gasteiger partial charge >= 0.3 is 6.18 Å². The number of nitrogens with zero attached hydrogens (tertiary/aromatic N) is 2. The smallest absolute Gasteiger partial charge is 0.389 e. The molecule has 3 N–H and O–H groups in total. The van der Waals surface area contributed by atoms with Crippen molar-refractivity contribution >= 4 is 11.5 Å². The Bertz CT molecular complexity index is 384. The van der Waals surface area contributed by atoms with Crippen LogP contribution in [0.4, 0.5) is 24.7 Å². The van der Waals surface area contributed by atoms with Gasteiger partial charge < -0.3 is 11.1 Å². The molecule has 0 aliphatic heterocycles. The molecule has 1 aromatic rings. The Morgan fingerprint density at radius 3 is 2.61 bits per heavy atom. The Hall–Kier alpha value is -1.40. The van der Waals surface area contributed by atoms with Gasteiger partial charge in [-0.1, -0.05) is 13.3 Å². The van der Waals surface area contributed by atoms with Gasteiger partial charge in [0.15, 0.2) is 0 Å². The topological polar surface area (TPSA) is 55.9 Å². The van der Waals surface area contributed by atoms with Crippen molar-refractivity contribution in [1.29, 1.82) is 0 Å². The molecule has 0 bridgehead atoms. The summed E-state index contributed by atoms with van der Waals surface area (Å²) in [6, 6.07) is 0. The highest BCUT2D eigenvalue weighted by atomic mass is 19.4. The zero-order valence-corrected chi connectivity index (χ0v) is 10.6. The second-order valence-corrected chi connectivity index (χ2v) is 4.23. The highest BCUT2D eigenvalue weighted by molar-refractivity contribution is 5.64. The maximum absolute atomic E-state index is 12.0. The number of hydrogen-bond donors (Lipinski definition) is 2. The highest BCUT2D eigenvalue weighted by Gasteiger charge is 2.26. The van der Waals surface area contributed by atoms with Crippen molar-refractivity contribution in [1.82, 2.24) is 9.78 Å². The first-order valence-electron chi connectivity index (χ1n) is 5.97. The Morgan fingerprint density at radius 1 is 1.39 bits per heavy atom. The van der Waals surface area contributed by atoms with Crippen LogP contribution in [0.1, 0.15) is 31.9 Å². The fourth-order valence-electron chi connectivity index (χ4n) is 1.72. The summed E-state index contributed by atoms with van der Waals surface area (Å²) >= 11 is 0. The molecule has 0 aliphatic rings. The first-order chi connectivity index (χ1) is 8.35.